The molecule has 0 saturated heterocycles. The van der Waals surface area contributed by atoms with E-state index < -0.39 is 0 Å². The summed E-state index contributed by atoms with van der Waals surface area (Å²) in [7, 11) is 1.98. The SMILES string of the molecule is CN(Cc1ccccn1)c1nc(NN)nc2ccccc12. The molecule has 3 N–H and O–H groups in total. The molecule has 106 valence electrons. The van der Waals surface area contributed by atoms with Crippen molar-refractivity contribution in [1.82, 2.24) is 15.0 Å². The monoisotopic (exact) mass is 280 g/mol. The molecule has 2 heterocycles. The van der Waals surface area contributed by atoms with Gasteiger partial charge in [0.05, 0.1) is 17.8 Å². The van der Waals surface area contributed by atoms with Gasteiger partial charge in [0.2, 0.25) is 5.95 Å². The smallest absolute Gasteiger partial charge is 0.239 e. The van der Waals surface area contributed by atoms with Crippen molar-refractivity contribution in [3.8, 4) is 0 Å². The summed E-state index contributed by atoms with van der Waals surface area (Å²) in [6, 6.07) is 13.7. The Morgan fingerprint density at radius 3 is 2.67 bits per heavy atom. The van der Waals surface area contributed by atoms with Crippen LogP contribution in [0.3, 0.4) is 0 Å². The van der Waals surface area contributed by atoms with Crippen molar-refractivity contribution in [3.63, 3.8) is 0 Å². The van der Waals surface area contributed by atoms with E-state index in [-0.39, 0.29) is 0 Å². The van der Waals surface area contributed by atoms with E-state index in [0.717, 1.165) is 22.4 Å². The summed E-state index contributed by atoms with van der Waals surface area (Å²) in [5, 5.41) is 0.981. The van der Waals surface area contributed by atoms with Gasteiger partial charge in [0.15, 0.2) is 0 Å². The molecule has 0 radical (unpaired) electrons. The third-order valence-corrected chi connectivity index (χ3v) is 3.20. The molecular formula is C15H16N6. The molecule has 0 fully saturated rings. The van der Waals surface area contributed by atoms with Gasteiger partial charge in [-0.1, -0.05) is 18.2 Å². The molecule has 0 bridgehead atoms. The van der Waals surface area contributed by atoms with Gasteiger partial charge >= 0.3 is 0 Å². The number of anilines is 2. The minimum Gasteiger partial charge on any atom is -0.353 e. The van der Waals surface area contributed by atoms with Gasteiger partial charge in [0.1, 0.15) is 5.82 Å². The Bertz CT molecular complexity index is 743. The van der Waals surface area contributed by atoms with Gasteiger partial charge in [-0.2, -0.15) is 4.98 Å². The van der Waals surface area contributed by atoms with Crippen LogP contribution < -0.4 is 16.2 Å². The first-order valence-corrected chi connectivity index (χ1v) is 6.62. The van der Waals surface area contributed by atoms with Crippen LogP contribution in [0.1, 0.15) is 5.69 Å². The van der Waals surface area contributed by atoms with Gasteiger partial charge in [-0.25, -0.2) is 10.8 Å². The van der Waals surface area contributed by atoms with Gasteiger partial charge in [-0.05, 0) is 24.3 Å². The molecule has 0 unspecified atom stereocenters. The number of hydrazine groups is 1. The molecule has 0 spiro atoms. The molecular weight excluding hydrogens is 264 g/mol. The van der Waals surface area contributed by atoms with Crippen molar-refractivity contribution in [2.24, 2.45) is 5.84 Å². The summed E-state index contributed by atoms with van der Waals surface area (Å²) < 4.78 is 0. The van der Waals surface area contributed by atoms with E-state index in [0.29, 0.717) is 12.5 Å². The number of nitrogens with two attached hydrogens (primary N) is 1. The Labute approximate surface area is 122 Å². The lowest BCUT2D eigenvalue weighted by molar-refractivity contribution is 0.868. The molecule has 6 heteroatoms. The lowest BCUT2D eigenvalue weighted by atomic mass is 10.2. The summed E-state index contributed by atoms with van der Waals surface area (Å²) in [6.45, 7) is 0.659. The number of nitrogen functional groups attached to an aromatic ring is 1. The molecule has 2 aromatic heterocycles. The molecule has 0 atom stereocenters. The van der Waals surface area contributed by atoms with Crippen LogP contribution >= 0.6 is 0 Å². The van der Waals surface area contributed by atoms with Gasteiger partial charge in [-0.15, -0.1) is 0 Å². The van der Waals surface area contributed by atoms with Gasteiger partial charge in [0, 0.05) is 18.6 Å². The third kappa shape index (κ3) is 2.75. The molecule has 0 amide bonds. The first-order valence-electron chi connectivity index (χ1n) is 6.62. The van der Waals surface area contributed by atoms with E-state index >= 15 is 0 Å². The number of aromatic nitrogens is 3. The molecule has 6 nitrogen and oxygen atoms in total. The van der Waals surface area contributed by atoms with Crippen molar-refractivity contribution < 1.29 is 0 Å². The van der Waals surface area contributed by atoms with Crippen molar-refractivity contribution in [2.75, 3.05) is 17.4 Å². The number of nitrogens with zero attached hydrogens (tertiary/aromatic N) is 4. The number of para-hydroxylation sites is 1. The maximum absolute atomic E-state index is 5.46. The van der Waals surface area contributed by atoms with E-state index in [9.17, 15) is 0 Å². The summed E-state index contributed by atoms with van der Waals surface area (Å²) >= 11 is 0. The Kier molecular flexibility index (Phi) is 3.61. The van der Waals surface area contributed by atoms with Crippen molar-refractivity contribution in [3.05, 3.63) is 54.4 Å². The number of hydrogen-bond acceptors (Lipinski definition) is 6. The summed E-state index contributed by atoms with van der Waals surface area (Å²) in [6.07, 6.45) is 1.79. The largest absolute Gasteiger partial charge is 0.353 e. The lowest BCUT2D eigenvalue weighted by Crippen LogP contribution is -2.20. The number of pyridine rings is 1. The van der Waals surface area contributed by atoms with Gasteiger partial charge in [0.25, 0.3) is 0 Å². The van der Waals surface area contributed by atoms with Crippen LogP contribution in [-0.2, 0) is 6.54 Å². The molecule has 0 aliphatic heterocycles. The zero-order valence-electron chi connectivity index (χ0n) is 11.7. The average Bonchev–Trinajstić information content (AvgIpc) is 2.54. The van der Waals surface area contributed by atoms with E-state index in [1.54, 1.807) is 6.20 Å². The highest BCUT2D eigenvalue weighted by atomic mass is 15.3. The molecule has 0 aliphatic rings. The molecule has 1 aromatic carbocycles. The number of rotatable bonds is 4. The second-order valence-electron chi connectivity index (χ2n) is 4.71. The van der Waals surface area contributed by atoms with Crippen LogP contribution in [0.25, 0.3) is 10.9 Å². The second-order valence-corrected chi connectivity index (χ2v) is 4.71. The highest BCUT2D eigenvalue weighted by Crippen LogP contribution is 2.25. The summed E-state index contributed by atoms with van der Waals surface area (Å²) in [5.41, 5.74) is 4.34. The zero-order valence-corrected chi connectivity index (χ0v) is 11.7. The fraction of sp³-hybridized carbons (Fsp3) is 0.133. The first-order chi connectivity index (χ1) is 10.3. The van der Waals surface area contributed by atoms with E-state index in [1.807, 2.05) is 54.4 Å². The third-order valence-electron chi connectivity index (χ3n) is 3.20. The molecule has 3 rings (SSSR count). The van der Waals surface area contributed by atoms with Crippen molar-refractivity contribution in [1.29, 1.82) is 0 Å². The van der Waals surface area contributed by atoms with Crippen LogP contribution in [0, 0.1) is 0 Å². The molecule has 0 aliphatic carbocycles. The highest BCUT2D eigenvalue weighted by molar-refractivity contribution is 5.90. The minimum atomic E-state index is 0.400. The minimum absolute atomic E-state index is 0.400. The van der Waals surface area contributed by atoms with E-state index in [1.165, 1.54) is 0 Å². The summed E-state index contributed by atoms with van der Waals surface area (Å²) in [4.78, 5) is 15.2. The Hall–Kier alpha value is -2.73. The molecule has 0 saturated carbocycles. The van der Waals surface area contributed by atoms with Gasteiger partial charge in [-0.3, -0.25) is 10.4 Å². The Morgan fingerprint density at radius 1 is 1.10 bits per heavy atom. The normalized spacial score (nSPS) is 10.6. The zero-order chi connectivity index (χ0) is 14.7. The predicted molar refractivity (Wildman–Crippen MR) is 83.7 cm³/mol. The maximum atomic E-state index is 5.46. The van der Waals surface area contributed by atoms with Gasteiger partial charge < -0.3 is 4.90 Å². The Balaban J connectivity index is 2.02. The maximum Gasteiger partial charge on any atom is 0.239 e. The number of benzene rings is 1. The van der Waals surface area contributed by atoms with Crippen LogP contribution in [0.4, 0.5) is 11.8 Å². The topological polar surface area (TPSA) is 80.0 Å². The van der Waals surface area contributed by atoms with Crippen LogP contribution in [0.5, 0.6) is 0 Å². The van der Waals surface area contributed by atoms with Crippen LogP contribution in [0.2, 0.25) is 0 Å². The van der Waals surface area contributed by atoms with Crippen molar-refractivity contribution >= 4 is 22.7 Å². The first kappa shape index (κ1) is 13.3. The van der Waals surface area contributed by atoms with E-state index in [2.05, 4.69) is 20.4 Å². The van der Waals surface area contributed by atoms with Crippen LogP contribution in [0.15, 0.2) is 48.7 Å². The second kappa shape index (κ2) is 5.72. The average molecular weight is 280 g/mol. The highest BCUT2D eigenvalue weighted by Gasteiger charge is 2.11. The predicted octanol–water partition coefficient (Wildman–Crippen LogP) is 1.95. The van der Waals surface area contributed by atoms with Crippen molar-refractivity contribution in [2.45, 2.75) is 6.54 Å². The molecule has 3 aromatic rings. The Morgan fingerprint density at radius 2 is 1.90 bits per heavy atom. The number of nitrogens with one attached hydrogen (secondary N) is 1. The fourth-order valence-corrected chi connectivity index (χ4v) is 2.22. The van der Waals surface area contributed by atoms with E-state index in [4.69, 9.17) is 5.84 Å². The number of fused-ring (bicyclic) bond motifs is 1. The molecule has 21 heavy (non-hydrogen) atoms. The standard InChI is InChI=1S/C15H16N6/c1-21(10-11-6-4-5-9-17-11)14-12-7-2-3-8-13(12)18-15(19-14)20-16/h2-9H,10,16H2,1H3,(H,18,19,20). The summed E-state index contributed by atoms with van der Waals surface area (Å²) in [5.74, 6) is 6.67. The number of hydrogen-bond donors (Lipinski definition) is 2. The quantitative estimate of drug-likeness (QED) is 0.561. The lowest BCUT2D eigenvalue weighted by Gasteiger charge is -2.20. The van der Waals surface area contributed by atoms with Crippen LogP contribution in [-0.4, -0.2) is 22.0 Å². The fourth-order valence-electron chi connectivity index (χ4n) is 2.22.